The fourth-order valence-corrected chi connectivity index (χ4v) is 2.20. The van der Waals surface area contributed by atoms with Gasteiger partial charge in [-0.2, -0.15) is 0 Å². The SMILES string of the molecule is COC(C)(C)CCCC(C)C/C=C/C(C)=C/C(=O)OC1CC1. The highest BCUT2D eigenvalue weighted by atomic mass is 16.5. The van der Waals surface area contributed by atoms with E-state index in [1.807, 2.05) is 13.0 Å². The fourth-order valence-electron chi connectivity index (χ4n) is 2.20. The molecule has 1 fully saturated rings. The average Bonchev–Trinajstić information content (AvgIpc) is 3.22. The molecule has 1 aliphatic carbocycles. The molecule has 0 aromatic carbocycles. The Morgan fingerprint density at radius 2 is 2.05 bits per heavy atom. The molecule has 0 aromatic rings. The van der Waals surface area contributed by atoms with Crippen LogP contribution in [0.15, 0.2) is 23.8 Å². The number of methoxy groups -OCH3 is 1. The quantitative estimate of drug-likeness (QED) is 0.330. The molecule has 1 saturated carbocycles. The van der Waals surface area contributed by atoms with Crippen LogP contribution in [0.1, 0.15) is 66.2 Å². The summed E-state index contributed by atoms with van der Waals surface area (Å²) in [6.07, 6.45) is 12.5. The molecule has 0 bridgehead atoms. The van der Waals surface area contributed by atoms with Crippen molar-refractivity contribution < 1.29 is 14.3 Å². The number of hydrogen-bond donors (Lipinski definition) is 0. The summed E-state index contributed by atoms with van der Waals surface area (Å²) in [4.78, 5) is 11.5. The number of esters is 1. The minimum absolute atomic E-state index is 0.0171. The Morgan fingerprint density at radius 1 is 1.36 bits per heavy atom. The van der Waals surface area contributed by atoms with Crippen LogP contribution in [-0.2, 0) is 14.3 Å². The van der Waals surface area contributed by atoms with E-state index in [1.54, 1.807) is 13.2 Å². The number of rotatable bonds is 10. The molecule has 0 N–H and O–H groups in total. The van der Waals surface area contributed by atoms with Gasteiger partial charge in [0.2, 0.25) is 0 Å². The van der Waals surface area contributed by atoms with Crippen LogP contribution in [-0.4, -0.2) is 24.8 Å². The van der Waals surface area contributed by atoms with Crippen molar-refractivity contribution in [2.45, 2.75) is 77.9 Å². The third-order valence-corrected chi connectivity index (χ3v) is 4.10. The molecule has 0 amide bonds. The van der Waals surface area contributed by atoms with Crippen LogP contribution in [0.3, 0.4) is 0 Å². The molecule has 0 aliphatic heterocycles. The van der Waals surface area contributed by atoms with Crippen molar-refractivity contribution in [2.24, 2.45) is 5.92 Å². The first kappa shape index (κ1) is 19.0. The predicted octanol–water partition coefficient (Wildman–Crippen LogP) is 4.82. The lowest BCUT2D eigenvalue weighted by Gasteiger charge is -2.23. The lowest BCUT2D eigenvalue weighted by atomic mass is 9.95. The Balaban J connectivity index is 2.19. The summed E-state index contributed by atoms with van der Waals surface area (Å²) < 4.78 is 10.6. The van der Waals surface area contributed by atoms with E-state index in [4.69, 9.17) is 9.47 Å². The highest BCUT2D eigenvalue weighted by Crippen LogP contribution is 2.24. The van der Waals surface area contributed by atoms with Gasteiger partial charge in [0.1, 0.15) is 6.10 Å². The van der Waals surface area contributed by atoms with E-state index >= 15 is 0 Å². The molecule has 3 nitrogen and oxygen atoms in total. The molecule has 0 spiro atoms. The number of ether oxygens (including phenoxy) is 2. The maximum absolute atomic E-state index is 11.5. The Bertz CT molecular complexity index is 403. The number of carbonyl (C=O) groups excluding carboxylic acids is 1. The molecule has 0 aromatic heterocycles. The summed E-state index contributed by atoms with van der Waals surface area (Å²) in [6.45, 7) is 8.47. The number of hydrogen-bond acceptors (Lipinski definition) is 3. The van der Waals surface area contributed by atoms with Crippen molar-refractivity contribution in [3.63, 3.8) is 0 Å². The number of allylic oxidation sites excluding steroid dienone is 3. The highest BCUT2D eigenvalue weighted by Gasteiger charge is 2.25. The van der Waals surface area contributed by atoms with Crippen molar-refractivity contribution >= 4 is 5.97 Å². The van der Waals surface area contributed by atoms with E-state index < -0.39 is 0 Å². The lowest BCUT2D eigenvalue weighted by molar-refractivity contribution is -0.138. The van der Waals surface area contributed by atoms with Gasteiger partial charge in [-0.1, -0.05) is 31.9 Å². The molecular formula is C19H32O3. The molecule has 0 radical (unpaired) electrons. The summed E-state index contributed by atoms with van der Waals surface area (Å²) in [6, 6.07) is 0. The van der Waals surface area contributed by atoms with Crippen LogP contribution in [0.4, 0.5) is 0 Å². The maximum atomic E-state index is 11.5. The predicted molar refractivity (Wildman–Crippen MR) is 90.7 cm³/mol. The minimum Gasteiger partial charge on any atom is -0.459 e. The molecule has 1 unspecified atom stereocenters. The van der Waals surface area contributed by atoms with Crippen LogP contribution in [0.2, 0.25) is 0 Å². The average molecular weight is 308 g/mol. The van der Waals surface area contributed by atoms with E-state index in [0.29, 0.717) is 5.92 Å². The molecule has 1 rings (SSSR count). The molecule has 126 valence electrons. The van der Waals surface area contributed by atoms with Gasteiger partial charge in [-0.15, -0.1) is 0 Å². The van der Waals surface area contributed by atoms with Crippen LogP contribution in [0.25, 0.3) is 0 Å². The molecule has 0 saturated heterocycles. The second-order valence-corrected chi connectivity index (χ2v) is 7.12. The van der Waals surface area contributed by atoms with Crippen molar-refractivity contribution in [3.05, 3.63) is 23.8 Å². The first-order valence-electron chi connectivity index (χ1n) is 8.43. The van der Waals surface area contributed by atoms with Crippen LogP contribution in [0.5, 0.6) is 0 Å². The zero-order valence-corrected chi connectivity index (χ0v) is 14.9. The van der Waals surface area contributed by atoms with Gasteiger partial charge < -0.3 is 9.47 Å². The van der Waals surface area contributed by atoms with Crippen molar-refractivity contribution in [1.82, 2.24) is 0 Å². The third-order valence-electron chi connectivity index (χ3n) is 4.10. The van der Waals surface area contributed by atoms with Gasteiger partial charge >= 0.3 is 5.97 Å². The van der Waals surface area contributed by atoms with Crippen molar-refractivity contribution in [2.75, 3.05) is 7.11 Å². The highest BCUT2D eigenvalue weighted by molar-refractivity contribution is 5.83. The molecule has 1 atom stereocenters. The monoisotopic (exact) mass is 308 g/mol. The third kappa shape index (κ3) is 9.04. The van der Waals surface area contributed by atoms with Gasteiger partial charge in [-0.05, 0) is 57.9 Å². The Kier molecular flexibility index (Phi) is 7.88. The summed E-state index contributed by atoms with van der Waals surface area (Å²) >= 11 is 0. The van der Waals surface area contributed by atoms with E-state index in [0.717, 1.165) is 31.3 Å². The summed E-state index contributed by atoms with van der Waals surface area (Å²) in [5, 5.41) is 0. The van der Waals surface area contributed by atoms with Gasteiger partial charge in [-0.3, -0.25) is 0 Å². The Labute approximate surface area is 135 Å². The zero-order chi connectivity index (χ0) is 16.6. The zero-order valence-electron chi connectivity index (χ0n) is 14.9. The molecule has 3 heteroatoms. The summed E-state index contributed by atoms with van der Waals surface area (Å²) in [5.74, 6) is 0.439. The van der Waals surface area contributed by atoms with Gasteiger partial charge in [-0.25, -0.2) is 4.79 Å². The van der Waals surface area contributed by atoms with Gasteiger partial charge in [0, 0.05) is 13.2 Å². The second-order valence-electron chi connectivity index (χ2n) is 7.12. The van der Waals surface area contributed by atoms with E-state index in [-0.39, 0.29) is 17.7 Å². The van der Waals surface area contributed by atoms with Crippen molar-refractivity contribution in [3.8, 4) is 0 Å². The second kappa shape index (κ2) is 9.14. The Morgan fingerprint density at radius 3 is 2.64 bits per heavy atom. The van der Waals surface area contributed by atoms with Crippen molar-refractivity contribution in [1.29, 1.82) is 0 Å². The van der Waals surface area contributed by atoms with Crippen LogP contribution < -0.4 is 0 Å². The van der Waals surface area contributed by atoms with Crippen LogP contribution >= 0.6 is 0 Å². The van der Waals surface area contributed by atoms with Gasteiger partial charge in [0.15, 0.2) is 0 Å². The lowest BCUT2D eigenvalue weighted by Crippen LogP contribution is -2.22. The first-order valence-corrected chi connectivity index (χ1v) is 8.43. The molecule has 1 aliphatic rings. The largest absolute Gasteiger partial charge is 0.459 e. The summed E-state index contributed by atoms with van der Waals surface area (Å²) in [5.41, 5.74) is 0.940. The smallest absolute Gasteiger partial charge is 0.331 e. The van der Waals surface area contributed by atoms with E-state index in [9.17, 15) is 4.79 Å². The van der Waals surface area contributed by atoms with Gasteiger partial charge in [0.25, 0.3) is 0 Å². The summed E-state index contributed by atoms with van der Waals surface area (Å²) in [7, 11) is 1.77. The van der Waals surface area contributed by atoms with E-state index in [2.05, 4.69) is 26.8 Å². The molecular weight excluding hydrogens is 276 g/mol. The Hall–Kier alpha value is -1.09. The maximum Gasteiger partial charge on any atom is 0.331 e. The normalized spacial score (nSPS) is 17.8. The van der Waals surface area contributed by atoms with Gasteiger partial charge in [0.05, 0.1) is 5.60 Å². The van der Waals surface area contributed by atoms with Crippen LogP contribution in [0, 0.1) is 5.92 Å². The first-order chi connectivity index (χ1) is 10.3. The van der Waals surface area contributed by atoms with E-state index in [1.165, 1.54) is 12.8 Å². The number of carbonyl (C=O) groups is 1. The standard InChI is InChI=1S/C19H32O3/c1-15(10-7-13-19(3,4)21-5)8-6-9-16(2)14-18(20)22-17-11-12-17/h6,9,14-15,17H,7-8,10-13H2,1-5H3/b9-6+,16-14+. The topological polar surface area (TPSA) is 35.5 Å². The fraction of sp³-hybridized carbons (Fsp3) is 0.737. The molecule has 0 heterocycles. The minimum atomic E-state index is -0.209. The molecule has 22 heavy (non-hydrogen) atoms.